The van der Waals surface area contributed by atoms with Crippen LogP contribution in [0.1, 0.15) is 5.56 Å². The summed E-state index contributed by atoms with van der Waals surface area (Å²) >= 11 is 5.85. The molecule has 0 atom stereocenters. The highest BCUT2D eigenvalue weighted by atomic mass is 35.5. The maximum atomic E-state index is 11.6. The van der Waals surface area contributed by atoms with Crippen LogP contribution in [0, 0.1) is 10.1 Å². The average molecular weight is 308 g/mol. The molecule has 0 aliphatic rings. The number of amides is 1. The van der Waals surface area contributed by atoms with Crippen LogP contribution >= 0.6 is 11.6 Å². The van der Waals surface area contributed by atoms with E-state index in [0.717, 1.165) is 11.6 Å². The van der Waals surface area contributed by atoms with Crippen LogP contribution in [-0.4, -0.2) is 16.0 Å². The molecule has 1 aromatic heterocycles. The summed E-state index contributed by atoms with van der Waals surface area (Å²) in [6.45, 7) is 0.0598. The van der Waals surface area contributed by atoms with Gasteiger partial charge in [-0.25, -0.2) is 4.79 Å². The van der Waals surface area contributed by atoms with Crippen LogP contribution in [0.2, 0.25) is 5.02 Å². The van der Waals surface area contributed by atoms with Gasteiger partial charge in [-0.3, -0.25) is 20.4 Å². The van der Waals surface area contributed by atoms with Crippen molar-refractivity contribution in [2.75, 3.05) is 5.32 Å². The molecule has 1 amide bonds. The van der Waals surface area contributed by atoms with E-state index in [9.17, 15) is 14.9 Å². The Morgan fingerprint density at radius 1 is 1.43 bits per heavy atom. The van der Waals surface area contributed by atoms with Gasteiger partial charge < -0.3 is 4.74 Å². The minimum Gasteiger partial charge on any atom is -0.444 e. The molecule has 0 saturated heterocycles. The predicted octanol–water partition coefficient (Wildman–Crippen LogP) is 3.39. The zero-order chi connectivity index (χ0) is 15.2. The Bertz CT molecular complexity index is 664. The van der Waals surface area contributed by atoms with Gasteiger partial charge in [0.25, 0.3) is 5.69 Å². The number of anilines is 1. The van der Waals surface area contributed by atoms with E-state index in [4.69, 9.17) is 16.3 Å². The molecule has 0 unspecified atom stereocenters. The van der Waals surface area contributed by atoms with E-state index in [-0.39, 0.29) is 23.0 Å². The van der Waals surface area contributed by atoms with Gasteiger partial charge in [-0.15, -0.1) is 0 Å². The van der Waals surface area contributed by atoms with Crippen LogP contribution in [0.3, 0.4) is 0 Å². The number of hydrogen-bond donors (Lipinski definition) is 1. The SMILES string of the molecule is O=C(Nc1ccc([N+](=O)[O-])cc1Cl)OCc1cccnc1. The van der Waals surface area contributed by atoms with E-state index in [1.807, 2.05) is 0 Å². The second-order valence-corrected chi connectivity index (χ2v) is 4.39. The molecule has 1 aromatic carbocycles. The molecule has 0 bridgehead atoms. The third kappa shape index (κ3) is 4.15. The van der Waals surface area contributed by atoms with Gasteiger partial charge in [0.2, 0.25) is 0 Å². The Labute approximate surface area is 124 Å². The van der Waals surface area contributed by atoms with Gasteiger partial charge in [0.05, 0.1) is 15.6 Å². The second-order valence-electron chi connectivity index (χ2n) is 3.98. The van der Waals surface area contributed by atoms with Crippen LogP contribution < -0.4 is 5.32 Å². The number of nitrogens with one attached hydrogen (secondary N) is 1. The third-order valence-corrected chi connectivity index (χ3v) is 2.81. The Morgan fingerprint density at radius 3 is 2.86 bits per heavy atom. The lowest BCUT2D eigenvalue weighted by Gasteiger charge is -2.08. The third-order valence-electron chi connectivity index (χ3n) is 2.49. The summed E-state index contributed by atoms with van der Waals surface area (Å²) in [5.74, 6) is 0. The van der Waals surface area contributed by atoms with E-state index in [1.54, 1.807) is 24.5 Å². The molecule has 1 N–H and O–H groups in total. The van der Waals surface area contributed by atoms with E-state index in [2.05, 4.69) is 10.3 Å². The summed E-state index contributed by atoms with van der Waals surface area (Å²) in [4.78, 5) is 25.5. The lowest BCUT2D eigenvalue weighted by molar-refractivity contribution is -0.384. The van der Waals surface area contributed by atoms with Gasteiger partial charge >= 0.3 is 6.09 Å². The average Bonchev–Trinajstić information content (AvgIpc) is 2.48. The van der Waals surface area contributed by atoms with Crippen molar-refractivity contribution in [3.05, 3.63) is 63.4 Å². The number of nitro groups is 1. The number of aromatic nitrogens is 1. The summed E-state index contributed by atoms with van der Waals surface area (Å²) in [5.41, 5.74) is 0.815. The molecule has 0 saturated carbocycles. The van der Waals surface area contributed by atoms with Crippen molar-refractivity contribution in [1.29, 1.82) is 0 Å². The summed E-state index contributed by atoms with van der Waals surface area (Å²) in [5, 5.41) is 13.0. The second kappa shape index (κ2) is 6.67. The summed E-state index contributed by atoms with van der Waals surface area (Å²) in [6.07, 6.45) is 2.47. The number of hydrogen-bond acceptors (Lipinski definition) is 5. The quantitative estimate of drug-likeness (QED) is 0.690. The van der Waals surface area contributed by atoms with E-state index >= 15 is 0 Å². The predicted molar refractivity (Wildman–Crippen MR) is 76.2 cm³/mol. The Hall–Kier alpha value is -2.67. The van der Waals surface area contributed by atoms with Gasteiger partial charge in [-0.1, -0.05) is 17.7 Å². The van der Waals surface area contributed by atoms with E-state index < -0.39 is 11.0 Å². The fourth-order valence-corrected chi connectivity index (χ4v) is 1.72. The molecular weight excluding hydrogens is 298 g/mol. The molecule has 0 radical (unpaired) electrons. The number of halogens is 1. The molecule has 21 heavy (non-hydrogen) atoms. The Morgan fingerprint density at radius 2 is 2.24 bits per heavy atom. The first-order valence-corrected chi connectivity index (χ1v) is 6.20. The van der Waals surface area contributed by atoms with Gasteiger partial charge in [0.1, 0.15) is 6.61 Å². The number of pyridine rings is 1. The molecule has 0 aliphatic carbocycles. The summed E-state index contributed by atoms with van der Waals surface area (Å²) in [6, 6.07) is 7.22. The molecule has 1 heterocycles. The van der Waals surface area contributed by atoms with Crippen molar-refractivity contribution in [3.8, 4) is 0 Å². The zero-order valence-electron chi connectivity index (χ0n) is 10.7. The molecule has 2 rings (SSSR count). The fraction of sp³-hybridized carbons (Fsp3) is 0.0769. The first-order chi connectivity index (χ1) is 10.1. The van der Waals surface area contributed by atoms with Crippen LogP contribution in [0.15, 0.2) is 42.7 Å². The fourth-order valence-electron chi connectivity index (χ4n) is 1.50. The summed E-state index contributed by atoms with van der Waals surface area (Å²) < 4.78 is 4.98. The van der Waals surface area contributed by atoms with Crippen LogP contribution in [-0.2, 0) is 11.3 Å². The number of carbonyl (C=O) groups excluding carboxylic acids is 1. The molecule has 8 heteroatoms. The van der Waals surface area contributed by atoms with Crippen molar-refractivity contribution < 1.29 is 14.5 Å². The van der Waals surface area contributed by atoms with Gasteiger partial charge in [-0.05, 0) is 12.1 Å². The lowest BCUT2D eigenvalue weighted by Crippen LogP contribution is -2.13. The van der Waals surface area contributed by atoms with Crippen LogP contribution in [0.5, 0.6) is 0 Å². The first-order valence-electron chi connectivity index (χ1n) is 5.83. The normalized spacial score (nSPS) is 9.95. The highest BCUT2D eigenvalue weighted by Crippen LogP contribution is 2.26. The highest BCUT2D eigenvalue weighted by molar-refractivity contribution is 6.33. The molecule has 2 aromatic rings. The number of benzene rings is 1. The number of nitro benzene ring substituents is 1. The Balaban J connectivity index is 1.95. The number of nitrogens with zero attached hydrogens (tertiary/aromatic N) is 2. The number of rotatable bonds is 4. The van der Waals surface area contributed by atoms with Crippen LogP contribution in [0.4, 0.5) is 16.2 Å². The number of ether oxygens (including phenoxy) is 1. The number of non-ortho nitro benzene ring substituents is 1. The maximum absolute atomic E-state index is 11.6. The van der Waals surface area contributed by atoms with Gasteiger partial charge in [0.15, 0.2) is 0 Å². The zero-order valence-corrected chi connectivity index (χ0v) is 11.4. The first kappa shape index (κ1) is 14.7. The standard InChI is InChI=1S/C13H10ClN3O4/c14-11-6-10(17(19)20)3-4-12(11)16-13(18)21-8-9-2-1-5-15-7-9/h1-7H,8H2,(H,16,18). The van der Waals surface area contributed by atoms with Gasteiger partial charge in [0, 0.05) is 30.1 Å². The molecule has 108 valence electrons. The smallest absolute Gasteiger partial charge is 0.412 e. The highest BCUT2D eigenvalue weighted by Gasteiger charge is 2.12. The van der Waals surface area contributed by atoms with Crippen molar-refractivity contribution >= 4 is 29.1 Å². The summed E-state index contributed by atoms with van der Waals surface area (Å²) in [7, 11) is 0. The van der Waals surface area contributed by atoms with Crippen molar-refractivity contribution in [2.24, 2.45) is 0 Å². The molecule has 0 aliphatic heterocycles. The van der Waals surface area contributed by atoms with E-state index in [1.165, 1.54) is 12.1 Å². The Kier molecular flexibility index (Phi) is 4.68. The van der Waals surface area contributed by atoms with Crippen LogP contribution in [0.25, 0.3) is 0 Å². The lowest BCUT2D eigenvalue weighted by atomic mass is 10.3. The molecule has 0 spiro atoms. The molecular formula is C13H10ClN3O4. The topological polar surface area (TPSA) is 94.4 Å². The number of carbonyl (C=O) groups is 1. The van der Waals surface area contributed by atoms with Crippen molar-refractivity contribution in [3.63, 3.8) is 0 Å². The maximum Gasteiger partial charge on any atom is 0.412 e. The molecule has 0 fully saturated rings. The minimum absolute atomic E-state index is 0.0579. The minimum atomic E-state index is -0.713. The van der Waals surface area contributed by atoms with Crippen molar-refractivity contribution in [2.45, 2.75) is 6.61 Å². The largest absolute Gasteiger partial charge is 0.444 e. The monoisotopic (exact) mass is 307 g/mol. The molecule has 7 nitrogen and oxygen atoms in total. The van der Waals surface area contributed by atoms with Gasteiger partial charge in [-0.2, -0.15) is 0 Å². The van der Waals surface area contributed by atoms with Crippen molar-refractivity contribution in [1.82, 2.24) is 4.98 Å². The van der Waals surface area contributed by atoms with E-state index in [0.29, 0.717) is 0 Å².